The fraction of sp³-hybridized carbons (Fsp3) is 0.0952. The molecule has 3 rings (SSSR count). The van der Waals surface area contributed by atoms with E-state index in [1.165, 1.54) is 7.11 Å². The van der Waals surface area contributed by atoms with Crippen LogP contribution in [0.2, 0.25) is 0 Å². The lowest BCUT2D eigenvalue weighted by atomic mass is 10.2. The number of rotatable bonds is 6. The van der Waals surface area contributed by atoms with Gasteiger partial charge in [0.05, 0.1) is 19.8 Å². The summed E-state index contributed by atoms with van der Waals surface area (Å²) >= 11 is 0. The number of benzene rings is 3. The predicted octanol–water partition coefficient (Wildman–Crippen LogP) is 4.75. The molecule has 3 aromatic carbocycles. The SMILES string of the molecule is COc1ccccc1Oc1ccc(NC(=O)c2ccccc2OC)cc1. The Morgan fingerprint density at radius 2 is 1.31 bits per heavy atom. The van der Waals surface area contributed by atoms with Gasteiger partial charge >= 0.3 is 0 Å². The number of nitrogens with one attached hydrogen (secondary N) is 1. The zero-order valence-corrected chi connectivity index (χ0v) is 14.6. The van der Waals surface area contributed by atoms with E-state index >= 15 is 0 Å². The molecule has 0 saturated heterocycles. The molecule has 0 unspecified atom stereocenters. The Hall–Kier alpha value is -3.47. The number of anilines is 1. The molecule has 0 aliphatic rings. The Morgan fingerprint density at radius 1 is 0.731 bits per heavy atom. The fourth-order valence-electron chi connectivity index (χ4n) is 2.47. The Kier molecular flexibility index (Phi) is 5.39. The molecule has 0 aliphatic carbocycles. The summed E-state index contributed by atoms with van der Waals surface area (Å²) in [6.07, 6.45) is 0. The first kappa shape index (κ1) is 17.4. The van der Waals surface area contributed by atoms with E-state index in [1.807, 2.05) is 30.3 Å². The number of hydrogen-bond donors (Lipinski definition) is 1. The van der Waals surface area contributed by atoms with Crippen molar-refractivity contribution in [3.8, 4) is 23.0 Å². The molecule has 1 N–H and O–H groups in total. The molecule has 0 aromatic heterocycles. The van der Waals surface area contributed by atoms with E-state index in [0.717, 1.165) is 0 Å². The highest BCUT2D eigenvalue weighted by atomic mass is 16.5. The highest BCUT2D eigenvalue weighted by Gasteiger charge is 2.12. The van der Waals surface area contributed by atoms with Gasteiger partial charge in [-0.2, -0.15) is 0 Å². The second-order valence-electron chi connectivity index (χ2n) is 5.43. The van der Waals surface area contributed by atoms with Crippen LogP contribution in [0.4, 0.5) is 5.69 Å². The minimum atomic E-state index is -0.235. The average Bonchev–Trinajstić information content (AvgIpc) is 2.69. The van der Waals surface area contributed by atoms with Crippen molar-refractivity contribution in [3.63, 3.8) is 0 Å². The molecule has 0 saturated carbocycles. The van der Waals surface area contributed by atoms with Gasteiger partial charge in [0.15, 0.2) is 11.5 Å². The van der Waals surface area contributed by atoms with E-state index in [4.69, 9.17) is 14.2 Å². The van der Waals surface area contributed by atoms with E-state index in [1.54, 1.807) is 49.6 Å². The van der Waals surface area contributed by atoms with Crippen LogP contribution in [0, 0.1) is 0 Å². The van der Waals surface area contributed by atoms with Crippen LogP contribution in [0.15, 0.2) is 72.8 Å². The Labute approximate surface area is 152 Å². The van der Waals surface area contributed by atoms with Crippen LogP contribution >= 0.6 is 0 Å². The van der Waals surface area contributed by atoms with Gasteiger partial charge in [0, 0.05) is 5.69 Å². The normalized spacial score (nSPS) is 10.1. The number of carbonyl (C=O) groups excluding carboxylic acids is 1. The van der Waals surface area contributed by atoms with Crippen molar-refractivity contribution in [1.82, 2.24) is 0 Å². The lowest BCUT2D eigenvalue weighted by Gasteiger charge is -2.11. The summed E-state index contributed by atoms with van der Waals surface area (Å²) in [5, 5.41) is 2.85. The smallest absolute Gasteiger partial charge is 0.259 e. The molecule has 26 heavy (non-hydrogen) atoms. The van der Waals surface area contributed by atoms with Gasteiger partial charge in [-0.15, -0.1) is 0 Å². The van der Waals surface area contributed by atoms with E-state index in [0.29, 0.717) is 34.2 Å². The topological polar surface area (TPSA) is 56.8 Å². The summed E-state index contributed by atoms with van der Waals surface area (Å²) in [7, 11) is 3.13. The van der Waals surface area contributed by atoms with Crippen molar-refractivity contribution in [3.05, 3.63) is 78.4 Å². The van der Waals surface area contributed by atoms with Gasteiger partial charge in [-0.3, -0.25) is 4.79 Å². The number of carbonyl (C=O) groups is 1. The zero-order chi connectivity index (χ0) is 18.4. The molecule has 0 bridgehead atoms. The maximum atomic E-state index is 12.4. The van der Waals surface area contributed by atoms with Crippen molar-refractivity contribution < 1.29 is 19.0 Å². The molecule has 3 aromatic rings. The van der Waals surface area contributed by atoms with E-state index in [-0.39, 0.29) is 5.91 Å². The van der Waals surface area contributed by atoms with Crippen molar-refractivity contribution in [2.75, 3.05) is 19.5 Å². The van der Waals surface area contributed by atoms with Gasteiger partial charge in [0.2, 0.25) is 0 Å². The van der Waals surface area contributed by atoms with Crippen LogP contribution in [-0.4, -0.2) is 20.1 Å². The van der Waals surface area contributed by atoms with Gasteiger partial charge in [0.1, 0.15) is 11.5 Å². The first-order valence-electron chi connectivity index (χ1n) is 8.06. The molecule has 5 nitrogen and oxygen atoms in total. The molecular formula is C21H19NO4. The summed E-state index contributed by atoms with van der Waals surface area (Å²) in [6, 6.07) is 21.6. The maximum absolute atomic E-state index is 12.4. The zero-order valence-electron chi connectivity index (χ0n) is 14.6. The highest BCUT2D eigenvalue weighted by molar-refractivity contribution is 6.06. The van der Waals surface area contributed by atoms with Gasteiger partial charge in [-0.1, -0.05) is 24.3 Å². The summed E-state index contributed by atoms with van der Waals surface area (Å²) in [6.45, 7) is 0. The number of methoxy groups -OCH3 is 2. The number of hydrogen-bond acceptors (Lipinski definition) is 4. The molecule has 1 amide bonds. The molecule has 0 atom stereocenters. The van der Waals surface area contributed by atoms with Crippen LogP contribution < -0.4 is 19.5 Å². The van der Waals surface area contributed by atoms with Gasteiger partial charge in [-0.25, -0.2) is 0 Å². The van der Waals surface area contributed by atoms with Crippen molar-refractivity contribution in [2.45, 2.75) is 0 Å². The number of ether oxygens (including phenoxy) is 3. The molecular weight excluding hydrogens is 330 g/mol. The van der Waals surface area contributed by atoms with E-state index in [2.05, 4.69) is 5.32 Å². The minimum Gasteiger partial charge on any atom is -0.496 e. The van der Waals surface area contributed by atoms with Crippen molar-refractivity contribution in [2.24, 2.45) is 0 Å². The Bertz CT molecular complexity index is 891. The largest absolute Gasteiger partial charge is 0.496 e. The van der Waals surface area contributed by atoms with Crippen LogP contribution in [0.5, 0.6) is 23.0 Å². The van der Waals surface area contributed by atoms with Crippen molar-refractivity contribution >= 4 is 11.6 Å². The highest BCUT2D eigenvalue weighted by Crippen LogP contribution is 2.31. The van der Waals surface area contributed by atoms with Gasteiger partial charge < -0.3 is 19.5 Å². The van der Waals surface area contributed by atoms with Crippen molar-refractivity contribution in [1.29, 1.82) is 0 Å². The predicted molar refractivity (Wildman–Crippen MR) is 100 cm³/mol. The Balaban J connectivity index is 1.71. The lowest BCUT2D eigenvalue weighted by molar-refractivity contribution is 0.102. The minimum absolute atomic E-state index is 0.235. The first-order valence-corrected chi connectivity index (χ1v) is 8.06. The molecule has 0 radical (unpaired) electrons. The molecule has 0 fully saturated rings. The molecule has 0 spiro atoms. The summed E-state index contributed by atoms with van der Waals surface area (Å²) < 4.78 is 16.3. The third-order valence-corrected chi connectivity index (χ3v) is 3.76. The summed E-state index contributed by atoms with van der Waals surface area (Å²) in [5.41, 5.74) is 1.14. The van der Waals surface area contributed by atoms with Gasteiger partial charge in [-0.05, 0) is 48.5 Å². The third-order valence-electron chi connectivity index (χ3n) is 3.76. The number of para-hydroxylation sites is 3. The van der Waals surface area contributed by atoms with E-state index < -0.39 is 0 Å². The lowest BCUT2D eigenvalue weighted by Crippen LogP contribution is -2.12. The third kappa shape index (κ3) is 3.95. The summed E-state index contributed by atoms with van der Waals surface area (Å²) in [5.74, 6) is 2.22. The second-order valence-corrected chi connectivity index (χ2v) is 5.43. The molecule has 5 heteroatoms. The second kappa shape index (κ2) is 8.07. The maximum Gasteiger partial charge on any atom is 0.259 e. The average molecular weight is 349 g/mol. The van der Waals surface area contributed by atoms with Crippen LogP contribution in [0.25, 0.3) is 0 Å². The number of amides is 1. The monoisotopic (exact) mass is 349 g/mol. The quantitative estimate of drug-likeness (QED) is 0.698. The molecule has 0 aliphatic heterocycles. The first-order chi connectivity index (χ1) is 12.7. The van der Waals surface area contributed by atoms with E-state index in [9.17, 15) is 4.79 Å². The van der Waals surface area contributed by atoms with Crippen LogP contribution in [-0.2, 0) is 0 Å². The van der Waals surface area contributed by atoms with Gasteiger partial charge in [0.25, 0.3) is 5.91 Å². The van der Waals surface area contributed by atoms with Crippen LogP contribution in [0.1, 0.15) is 10.4 Å². The standard InChI is InChI=1S/C21H19NO4/c1-24-18-8-4-3-7-17(18)21(23)22-15-11-13-16(14-12-15)26-20-10-6-5-9-19(20)25-2/h3-14H,1-2H3,(H,22,23). The van der Waals surface area contributed by atoms with Crippen LogP contribution in [0.3, 0.4) is 0 Å². The molecule has 132 valence electrons. The fourth-order valence-corrected chi connectivity index (χ4v) is 2.47. The summed E-state index contributed by atoms with van der Waals surface area (Å²) in [4.78, 5) is 12.4. The molecule has 0 heterocycles. The Morgan fingerprint density at radius 3 is 1.96 bits per heavy atom.